The Bertz CT molecular complexity index is 676. The van der Waals surface area contributed by atoms with Crippen LogP contribution in [0.1, 0.15) is 6.92 Å². The van der Waals surface area contributed by atoms with Gasteiger partial charge in [-0.2, -0.15) is 0 Å². The Hall–Kier alpha value is -1.78. The van der Waals surface area contributed by atoms with Crippen LogP contribution in [0.5, 0.6) is 0 Å². The minimum atomic E-state index is -0.121. The van der Waals surface area contributed by atoms with E-state index < -0.39 is 0 Å². The highest BCUT2D eigenvalue weighted by atomic mass is 32.2. The molecule has 4 heteroatoms. The monoisotopic (exact) mass is 313 g/mol. The van der Waals surface area contributed by atoms with Crippen molar-refractivity contribution in [2.75, 3.05) is 26.0 Å². The lowest BCUT2D eigenvalue weighted by molar-refractivity contribution is -0.884. The predicted octanol–water partition coefficient (Wildman–Crippen LogP) is 3.91. The molecule has 0 saturated heterocycles. The molecule has 1 amide bonds. The van der Waals surface area contributed by atoms with Crippen LogP contribution >= 0.6 is 11.8 Å². The van der Waals surface area contributed by atoms with Crippen molar-refractivity contribution in [3.8, 4) is 0 Å². The summed E-state index contributed by atoms with van der Waals surface area (Å²) in [6.45, 7) is 2.00. The number of carbonyl (C=O) groups is 1. The van der Waals surface area contributed by atoms with E-state index in [1.165, 1.54) is 0 Å². The third-order valence-corrected chi connectivity index (χ3v) is 5.30. The molecule has 2 aromatic carbocycles. The second kappa shape index (κ2) is 5.45. The van der Waals surface area contributed by atoms with Crippen molar-refractivity contribution in [2.24, 2.45) is 0 Å². The molecular formula is C18H21N2OS+. The molecular weight excluding hydrogens is 292 g/mol. The Morgan fingerprint density at radius 2 is 1.41 bits per heavy atom. The molecule has 0 spiro atoms. The van der Waals surface area contributed by atoms with Crippen molar-refractivity contribution in [1.82, 2.24) is 0 Å². The number of rotatable bonds is 2. The second-order valence-corrected chi connectivity index (χ2v) is 7.59. The van der Waals surface area contributed by atoms with Gasteiger partial charge in [-0.3, -0.25) is 9.69 Å². The van der Waals surface area contributed by atoms with E-state index in [2.05, 4.69) is 33.3 Å². The summed E-state index contributed by atoms with van der Waals surface area (Å²) in [6.07, 6.45) is 0. The highest BCUT2D eigenvalue weighted by molar-refractivity contribution is 7.99. The third-order valence-electron chi connectivity index (χ3n) is 4.17. The molecule has 0 aromatic heterocycles. The molecule has 0 radical (unpaired) electrons. The number of nitrogens with zero attached hydrogens (tertiary/aromatic N) is 2. The number of carbonyl (C=O) groups excluding carboxylic acids is 1. The lowest BCUT2D eigenvalue weighted by Gasteiger charge is -2.37. The van der Waals surface area contributed by atoms with Crippen LogP contribution < -0.4 is 4.90 Å². The van der Waals surface area contributed by atoms with Crippen LogP contribution in [0.25, 0.3) is 0 Å². The zero-order chi connectivity index (χ0) is 15.9. The van der Waals surface area contributed by atoms with Gasteiger partial charge in [-0.1, -0.05) is 36.0 Å². The van der Waals surface area contributed by atoms with Crippen molar-refractivity contribution in [1.29, 1.82) is 0 Å². The number of hydrogen-bond donors (Lipinski definition) is 0. The lowest BCUT2D eigenvalue weighted by Crippen LogP contribution is -2.52. The minimum absolute atomic E-state index is 0.121. The third kappa shape index (κ3) is 2.53. The summed E-state index contributed by atoms with van der Waals surface area (Å²) >= 11 is 1.72. The van der Waals surface area contributed by atoms with E-state index in [1.807, 2.05) is 48.2 Å². The van der Waals surface area contributed by atoms with Crippen LogP contribution in [-0.2, 0) is 4.79 Å². The molecule has 1 aliphatic heterocycles. The molecule has 0 bridgehead atoms. The summed E-state index contributed by atoms with van der Waals surface area (Å²) in [6, 6.07) is 16.1. The predicted molar refractivity (Wildman–Crippen MR) is 91.6 cm³/mol. The molecule has 0 unspecified atom stereocenters. The smallest absolute Gasteiger partial charge is 0.289 e. The topological polar surface area (TPSA) is 20.3 Å². The first-order chi connectivity index (χ1) is 10.4. The van der Waals surface area contributed by atoms with Crippen molar-refractivity contribution < 1.29 is 9.28 Å². The molecule has 0 N–H and O–H groups in total. The molecule has 1 atom stereocenters. The lowest BCUT2D eigenvalue weighted by atomic mass is 10.1. The molecule has 0 aliphatic carbocycles. The van der Waals surface area contributed by atoms with Gasteiger partial charge in [0.15, 0.2) is 6.04 Å². The fraction of sp³-hybridized carbons (Fsp3) is 0.278. The highest BCUT2D eigenvalue weighted by Crippen LogP contribution is 2.48. The molecule has 2 aromatic rings. The largest absolute Gasteiger partial charge is 0.321 e. The zero-order valence-electron chi connectivity index (χ0n) is 13.4. The summed E-state index contributed by atoms with van der Waals surface area (Å²) < 4.78 is 0.604. The Balaban J connectivity index is 2.13. The Labute approximate surface area is 136 Å². The van der Waals surface area contributed by atoms with Gasteiger partial charge in [0.2, 0.25) is 0 Å². The number of benzene rings is 2. The molecule has 0 fully saturated rings. The van der Waals surface area contributed by atoms with Crippen molar-refractivity contribution in [3.63, 3.8) is 0 Å². The van der Waals surface area contributed by atoms with E-state index in [-0.39, 0.29) is 11.9 Å². The van der Waals surface area contributed by atoms with E-state index in [4.69, 9.17) is 0 Å². The number of likely N-dealkylation sites (N-methyl/N-ethyl adjacent to an activating group) is 1. The molecule has 114 valence electrons. The van der Waals surface area contributed by atoms with Gasteiger partial charge in [0.05, 0.1) is 32.5 Å². The fourth-order valence-electron chi connectivity index (χ4n) is 2.46. The fourth-order valence-corrected chi connectivity index (χ4v) is 3.52. The van der Waals surface area contributed by atoms with Gasteiger partial charge in [0.1, 0.15) is 0 Å². The first-order valence-corrected chi connectivity index (χ1v) is 8.22. The van der Waals surface area contributed by atoms with Crippen molar-refractivity contribution in [2.45, 2.75) is 22.8 Å². The quantitative estimate of drug-likeness (QED) is 0.784. The van der Waals surface area contributed by atoms with Gasteiger partial charge in [-0.05, 0) is 31.2 Å². The summed E-state index contributed by atoms with van der Waals surface area (Å²) in [5, 5.41) is 0. The van der Waals surface area contributed by atoms with Crippen LogP contribution in [0, 0.1) is 0 Å². The minimum Gasteiger partial charge on any atom is -0.321 e. The number of amides is 1. The first kappa shape index (κ1) is 15.1. The molecule has 1 heterocycles. The van der Waals surface area contributed by atoms with E-state index in [0.29, 0.717) is 4.48 Å². The number of anilines is 2. The Morgan fingerprint density at radius 1 is 0.955 bits per heavy atom. The number of fused-ring (bicyclic) bond motifs is 2. The van der Waals surface area contributed by atoms with Gasteiger partial charge in [-0.15, -0.1) is 0 Å². The van der Waals surface area contributed by atoms with Crippen LogP contribution in [0.4, 0.5) is 11.4 Å². The van der Waals surface area contributed by atoms with Gasteiger partial charge in [0, 0.05) is 9.79 Å². The molecule has 22 heavy (non-hydrogen) atoms. The van der Waals surface area contributed by atoms with Crippen LogP contribution in [-0.4, -0.2) is 37.6 Å². The molecule has 0 saturated carbocycles. The van der Waals surface area contributed by atoms with E-state index in [1.54, 1.807) is 11.8 Å². The maximum atomic E-state index is 13.2. The van der Waals surface area contributed by atoms with Crippen molar-refractivity contribution >= 4 is 29.0 Å². The number of hydrogen-bond acceptors (Lipinski definition) is 2. The Morgan fingerprint density at radius 3 is 1.86 bits per heavy atom. The average molecular weight is 313 g/mol. The molecule has 1 aliphatic rings. The standard InChI is InChI=1S/C18H21N2OS/c1-13(20(2,3)4)18(21)19-14-9-5-7-11-16(14)22-17-12-8-6-10-15(17)19/h5-13H,1-4H3/q+1/t13-/m0/s1. The van der Waals surface area contributed by atoms with Gasteiger partial charge in [-0.25, -0.2) is 0 Å². The first-order valence-electron chi connectivity index (χ1n) is 7.40. The number of quaternary nitrogens is 1. The van der Waals surface area contributed by atoms with Gasteiger partial charge < -0.3 is 4.48 Å². The van der Waals surface area contributed by atoms with Crippen LogP contribution in [0.15, 0.2) is 58.3 Å². The summed E-state index contributed by atoms with van der Waals surface area (Å²) in [4.78, 5) is 17.3. The maximum absolute atomic E-state index is 13.2. The normalized spacial score (nSPS) is 15.0. The number of para-hydroxylation sites is 2. The van der Waals surface area contributed by atoms with Gasteiger partial charge in [0.25, 0.3) is 5.91 Å². The molecule has 3 nitrogen and oxygen atoms in total. The van der Waals surface area contributed by atoms with Crippen molar-refractivity contribution in [3.05, 3.63) is 48.5 Å². The average Bonchev–Trinajstić information content (AvgIpc) is 2.50. The van der Waals surface area contributed by atoms with E-state index >= 15 is 0 Å². The van der Waals surface area contributed by atoms with Crippen LogP contribution in [0.3, 0.4) is 0 Å². The molecule has 3 rings (SSSR count). The summed E-state index contributed by atoms with van der Waals surface area (Å²) in [5.74, 6) is 0.132. The van der Waals surface area contributed by atoms with E-state index in [0.717, 1.165) is 21.2 Å². The van der Waals surface area contributed by atoms with Gasteiger partial charge >= 0.3 is 0 Å². The summed E-state index contributed by atoms with van der Waals surface area (Å²) in [7, 11) is 6.16. The highest BCUT2D eigenvalue weighted by Gasteiger charge is 2.36. The summed E-state index contributed by atoms with van der Waals surface area (Å²) in [5.41, 5.74) is 1.97. The Kier molecular flexibility index (Phi) is 3.75. The zero-order valence-corrected chi connectivity index (χ0v) is 14.2. The SMILES string of the molecule is C[C@@H](C(=O)N1c2ccccc2Sc2ccccc21)[N+](C)(C)C. The van der Waals surface area contributed by atoms with E-state index in [9.17, 15) is 4.79 Å². The maximum Gasteiger partial charge on any atom is 0.289 e. The second-order valence-electron chi connectivity index (χ2n) is 6.50. The van der Waals surface area contributed by atoms with Crippen LogP contribution in [0.2, 0.25) is 0 Å².